The number of non-ortho nitro benzene ring substituents is 1. The van der Waals surface area contributed by atoms with Crippen LogP contribution in [-0.4, -0.2) is 11.6 Å². The first-order chi connectivity index (χ1) is 6.56. The maximum absolute atomic E-state index is 12.4. The molecule has 14 heavy (non-hydrogen) atoms. The normalized spacial score (nSPS) is 12.5. The summed E-state index contributed by atoms with van der Waals surface area (Å²) in [5.41, 5.74) is 1.62. The molecule has 3 nitrogen and oxygen atoms in total. The van der Waals surface area contributed by atoms with E-state index in [2.05, 4.69) is 0 Å². The van der Waals surface area contributed by atoms with Crippen LogP contribution in [0.1, 0.15) is 24.0 Å². The molecule has 0 aliphatic rings. The van der Waals surface area contributed by atoms with Gasteiger partial charge >= 0.3 is 0 Å². The van der Waals surface area contributed by atoms with E-state index in [0.29, 0.717) is 5.56 Å². The lowest BCUT2D eigenvalue weighted by molar-refractivity contribution is -0.384. The number of rotatable bonds is 3. The Morgan fingerprint density at radius 1 is 1.57 bits per heavy atom. The second kappa shape index (κ2) is 4.17. The molecule has 0 fully saturated rings. The zero-order valence-corrected chi connectivity index (χ0v) is 8.16. The van der Waals surface area contributed by atoms with Crippen molar-refractivity contribution in [1.82, 2.24) is 0 Å². The van der Waals surface area contributed by atoms with Crippen LogP contribution in [0, 0.1) is 17.0 Å². The maximum Gasteiger partial charge on any atom is 0.269 e. The molecule has 0 N–H and O–H groups in total. The molecular weight excluding hydrogens is 185 g/mol. The van der Waals surface area contributed by atoms with E-state index in [1.54, 1.807) is 13.0 Å². The third kappa shape index (κ3) is 2.07. The van der Waals surface area contributed by atoms with Gasteiger partial charge in [0.05, 0.1) is 11.6 Å². The monoisotopic (exact) mass is 197 g/mol. The van der Waals surface area contributed by atoms with Gasteiger partial charge in [-0.15, -0.1) is 0 Å². The second-order valence-corrected chi connectivity index (χ2v) is 3.35. The van der Waals surface area contributed by atoms with Crippen molar-refractivity contribution in [3.63, 3.8) is 0 Å². The first-order valence-electron chi connectivity index (χ1n) is 4.37. The van der Waals surface area contributed by atoms with Crippen molar-refractivity contribution in [3.8, 4) is 0 Å². The van der Waals surface area contributed by atoms with Crippen LogP contribution in [0.15, 0.2) is 18.2 Å². The average Bonchev–Trinajstić information content (AvgIpc) is 2.17. The molecule has 0 radical (unpaired) electrons. The van der Waals surface area contributed by atoms with E-state index in [4.69, 9.17) is 0 Å². The summed E-state index contributed by atoms with van der Waals surface area (Å²) < 4.78 is 12.4. The highest BCUT2D eigenvalue weighted by molar-refractivity contribution is 5.40. The number of halogens is 1. The molecule has 0 spiro atoms. The van der Waals surface area contributed by atoms with Crippen LogP contribution >= 0.6 is 0 Å². The highest BCUT2D eigenvalue weighted by atomic mass is 19.1. The molecule has 0 saturated heterocycles. The predicted octanol–water partition coefficient (Wildman–Crippen LogP) is 2.98. The van der Waals surface area contributed by atoms with Crippen LogP contribution in [0.25, 0.3) is 0 Å². The van der Waals surface area contributed by atoms with Gasteiger partial charge in [0.15, 0.2) is 0 Å². The Kier molecular flexibility index (Phi) is 3.17. The molecule has 0 amide bonds. The minimum atomic E-state index is -0.498. The van der Waals surface area contributed by atoms with Crippen LogP contribution in [0.5, 0.6) is 0 Å². The van der Waals surface area contributed by atoms with Crippen LogP contribution in [-0.2, 0) is 0 Å². The van der Waals surface area contributed by atoms with Crippen LogP contribution in [0.3, 0.4) is 0 Å². The van der Waals surface area contributed by atoms with Gasteiger partial charge in [-0.2, -0.15) is 0 Å². The van der Waals surface area contributed by atoms with Crippen LogP contribution < -0.4 is 0 Å². The Morgan fingerprint density at radius 2 is 2.21 bits per heavy atom. The van der Waals surface area contributed by atoms with Gasteiger partial charge in [0.2, 0.25) is 0 Å². The predicted molar refractivity (Wildman–Crippen MR) is 52.2 cm³/mol. The number of nitro benzene ring substituents is 1. The van der Waals surface area contributed by atoms with Crippen molar-refractivity contribution in [2.45, 2.75) is 19.8 Å². The minimum Gasteiger partial charge on any atom is -0.258 e. The summed E-state index contributed by atoms with van der Waals surface area (Å²) in [5.74, 6) is -0.283. The van der Waals surface area contributed by atoms with Gasteiger partial charge in [0, 0.05) is 18.1 Å². The third-order valence-electron chi connectivity index (χ3n) is 2.24. The molecule has 1 aromatic rings. The number of nitrogens with zero attached hydrogens (tertiary/aromatic N) is 1. The number of hydrogen-bond donors (Lipinski definition) is 0. The van der Waals surface area contributed by atoms with Gasteiger partial charge in [-0.1, -0.05) is 13.0 Å². The molecule has 0 aliphatic heterocycles. The lowest BCUT2D eigenvalue weighted by Gasteiger charge is -2.09. The Labute approximate surface area is 81.7 Å². The van der Waals surface area contributed by atoms with E-state index in [9.17, 15) is 14.5 Å². The van der Waals surface area contributed by atoms with Crippen molar-refractivity contribution < 1.29 is 9.31 Å². The summed E-state index contributed by atoms with van der Waals surface area (Å²) in [6.45, 7) is 3.04. The van der Waals surface area contributed by atoms with Crippen molar-refractivity contribution in [2.24, 2.45) is 0 Å². The average molecular weight is 197 g/mol. The van der Waals surface area contributed by atoms with E-state index >= 15 is 0 Å². The van der Waals surface area contributed by atoms with Gasteiger partial charge in [0.25, 0.3) is 5.69 Å². The zero-order chi connectivity index (χ0) is 10.7. The van der Waals surface area contributed by atoms with Gasteiger partial charge in [0.1, 0.15) is 0 Å². The zero-order valence-electron chi connectivity index (χ0n) is 8.16. The molecule has 76 valence electrons. The summed E-state index contributed by atoms with van der Waals surface area (Å²) in [6.07, 6.45) is 0. The summed E-state index contributed by atoms with van der Waals surface area (Å²) in [7, 11) is 0. The molecular formula is C10H12FNO2. The molecule has 0 bridgehead atoms. The number of aryl methyl sites for hydroxylation is 1. The van der Waals surface area contributed by atoms with Crippen LogP contribution in [0.4, 0.5) is 10.1 Å². The molecule has 1 rings (SSSR count). The lowest BCUT2D eigenvalue weighted by atomic mass is 9.97. The fourth-order valence-electron chi connectivity index (χ4n) is 1.36. The highest BCUT2D eigenvalue weighted by Crippen LogP contribution is 2.24. The Bertz CT molecular complexity index is 352. The molecule has 0 heterocycles. The van der Waals surface area contributed by atoms with Crippen molar-refractivity contribution in [1.29, 1.82) is 0 Å². The van der Waals surface area contributed by atoms with E-state index in [0.717, 1.165) is 5.56 Å². The van der Waals surface area contributed by atoms with E-state index in [1.165, 1.54) is 12.1 Å². The first kappa shape index (κ1) is 10.6. The lowest BCUT2D eigenvalue weighted by Crippen LogP contribution is -2.00. The number of alkyl halides is 1. The second-order valence-electron chi connectivity index (χ2n) is 3.35. The molecule has 4 heteroatoms. The Hall–Kier alpha value is -1.45. The summed E-state index contributed by atoms with van der Waals surface area (Å²) in [5, 5.41) is 10.5. The molecule has 1 atom stereocenters. The summed E-state index contributed by atoms with van der Waals surface area (Å²) >= 11 is 0. The summed E-state index contributed by atoms with van der Waals surface area (Å²) in [6, 6.07) is 4.53. The van der Waals surface area contributed by atoms with Crippen molar-refractivity contribution in [2.75, 3.05) is 6.67 Å². The van der Waals surface area contributed by atoms with Gasteiger partial charge in [-0.3, -0.25) is 14.5 Å². The largest absolute Gasteiger partial charge is 0.269 e. The van der Waals surface area contributed by atoms with Crippen LogP contribution in [0.2, 0.25) is 0 Å². The molecule has 0 saturated carbocycles. The molecule has 1 unspecified atom stereocenters. The fourth-order valence-corrected chi connectivity index (χ4v) is 1.36. The SMILES string of the molecule is Cc1ccc([N+](=O)[O-])cc1C(C)CF. The highest BCUT2D eigenvalue weighted by Gasteiger charge is 2.13. The quantitative estimate of drug-likeness (QED) is 0.552. The van der Waals surface area contributed by atoms with Crippen molar-refractivity contribution in [3.05, 3.63) is 39.4 Å². The van der Waals surface area contributed by atoms with E-state index < -0.39 is 11.6 Å². The topological polar surface area (TPSA) is 43.1 Å². The van der Waals surface area contributed by atoms with E-state index in [-0.39, 0.29) is 11.6 Å². The number of nitro groups is 1. The summed E-state index contributed by atoms with van der Waals surface area (Å²) in [4.78, 5) is 10.0. The third-order valence-corrected chi connectivity index (χ3v) is 2.24. The Balaban J connectivity index is 3.14. The van der Waals surface area contributed by atoms with E-state index in [1.807, 2.05) is 6.92 Å². The smallest absolute Gasteiger partial charge is 0.258 e. The number of hydrogen-bond acceptors (Lipinski definition) is 2. The fraction of sp³-hybridized carbons (Fsp3) is 0.400. The minimum absolute atomic E-state index is 0.0194. The van der Waals surface area contributed by atoms with Gasteiger partial charge in [-0.05, 0) is 18.1 Å². The number of benzene rings is 1. The standard InChI is InChI=1S/C10H12FNO2/c1-7-3-4-9(12(13)14)5-10(7)8(2)6-11/h3-5,8H,6H2,1-2H3. The molecule has 1 aromatic carbocycles. The Morgan fingerprint density at radius 3 is 2.71 bits per heavy atom. The molecule has 0 aliphatic carbocycles. The first-order valence-corrected chi connectivity index (χ1v) is 4.37. The van der Waals surface area contributed by atoms with Crippen molar-refractivity contribution >= 4 is 5.69 Å². The van der Waals surface area contributed by atoms with Gasteiger partial charge < -0.3 is 0 Å². The van der Waals surface area contributed by atoms with Gasteiger partial charge in [-0.25, -0.2) is 0 Å². The molecule has 0 aromatic heterocycles. The maximum atomic E-state index is 12.4.